The molecular weight excluding hydrogens is 190 g/mol. The molecule has 0 bridgehead atoms. The van der Waals surface area contributed by atoms with Gasteiger partial charge in [0.15, 0.2) is 0 Å². The highest BCUT2D eigenvalue weighted by Gasteiger charge is 2.32. The number of likely N-dealkylation sites (tertiary alicyclic amines) is 1. The Morgan fingerprint density at radius 1 is 1.40 bits per heavy atom. The summed E-state index contributed by atoms with van der Waals surface area (Å²) in [4.78, 5) is 13.1. The third-order valence-corrected chi connectivity index (χ3v) is 3.96. The molecule has 1 saturated carbocycles. The molecule has 1 saturated heterocycles. The van der Waals surface area contributed by atoms with Gasteiger partial charge in [0.2, 0.25) is 0 Å². The van der Waals surface area contributed by atoms with Crippen LogP contribution in [0.2, 0.25) is 0 Å². The molecule has 1 aliphatic heterocycles. The van der Waals surface area contributed by atoms with E-state index in [1.165, 1.54) is 19.3 Å². The Balaban J connectivity index is 1.79. The number of carboxylic acids is 1. The average Bonchev–Trinajstić information content (AvgIpc) is 2.72. The lowest BCUT2D eigenvalue weighted by molar-refractivity contribution is -0.138. The van der Waals surface area contributed by atoms with Gasteiger partial charge in [0, 0.05) is 19.0 Å². The van der Waals surface area contributed by atoms with Gasteiger partial charge in [0.1, 0.15) is 0 Å². The Morgan fingerprint density at radius 3 is 2.80 bits per heavy atom. The normalized spacial score (nSPS) is 37.3. The summed E-state index contributed by atoms with van der Waals surface area (Å²) in [6.45, 7) is 4.46. The van der Waals surface area contributed by atoms with Crippen molar-refractivity contribution in [3.63, 3.8) is 0 Å². The molecule has 3 nitrogen and oxygen atoms in total. The van der Waals surface area contributed by atoms with E-state index in [-0.39, 0.29) is 0 Å². The van der Waals surface area contributed by atoms with Gasteiger partial charge in [0.05, 0.1) is 0 Å². The molecule has 0 amide bonds. The number of carbonyl (C=O) groups is 1. The smallest absolute Gasteiger partial charge is 0.303 e. The van der Waals surface area contributed by atoms with Gasteiger partial charge in [-0.05, 0) is 44.1 Å². The van der Waals surface area contributed by atoms with E-state index < -0.39 is 5.97 Å². The van der Waals surface area contributed by atoms with Crippen LogP contribution in [-0.2, 0) is 4.79 Å². The summed E-state index contributed by atoms with van der Waals surface area (Å²) in [6, 6.07) is 0.749. The van der Waals surface area contributed by atoms with E-state index in [0.717, 1.165) is 31.5 Å². The van der Waals surface area contributed by atoms with Crippen LogP contribution >= 0.6 is 0 Å². The lowest BCUT2D eigenvalue weighted by Crippen LogP contribution is -2.31. The second-order valence-electron chi connectivity index (χ2n) is 5.32. The zero-order chi connectivity index (χ0) is 10.8. The van der Waals surface area contributed by atoms with E-state index >= 15 is 0 Å². The second-order valence-corrected chi connectivity index (χ2v) is 5.32. The van der Waals surface area contributed by atoms with Crippen molar-refractivity contribution >= 4 is 5.97 Å². The minimum atomic E-state index is -0.637. The minimum Gasteiger partial charge on any atom is -0.481 e. The average molecular weight is 211 g/mol. The van der Waals surface area contributed by atoms with Crippen LogP contribution < -0.4 is 0 Å². The van der Waals surface area contributed by atoms with Crippen LogP contribution in [0.4, 0.5) is 0 Å². The van der Waals surface area contributed by atoms with Gasteiger partial charge in [-0.25, -0.2) is 0 Å². The zero-order valence-electron chi connectivity index (χ0n) is 9.48. The molecule has 2 aliphatic rings. The molecular formula is C12H21NO2. The first-order valence-corrected chi connectivity index (χ1v) is 6.11. The monoisotopic (exact) mass is 211 g/mol. The van der Waals surface area contributed by atoms with Gasteiger partial charge < -0.3 is 10.0 Å². The first-order chi connectivity index (χ1) is 7.15. The number of rotatable bonds is 3. The highest BCUT2D eigenvalue weighted by molar-refractivity contribution is 5.67. The van der Waals surface area contributed by atoms with Crippen molar-refractivity contribution in [1.29, 1.82) is 0 Å². The predicted octanol–water partition coefficient (Wildman–Crippen LogP) is 1.97. The fourth-order valence-electron chi connectivity index (χ4n) is 3.12. The Morgan fingerprint density at radius 2 is 2.20 bits per heavy atom. The number of hydrogen-bond donors (Lipinski definition) is 1. The summed E-state index contributed by atoms with van der Waals surface area (Å²) in [5, 5.41) is 8.75. The maximum absolute atomic E-state index is 10.6. The van der Waals surface area contributed by atoms with Crippen molar-refractivity contribution < 1.29 is 9.90 Å². The molecule has 1 aliphatic carbocycles. The lowest BCUT2D eigenvalue weighted by atomic mass is 10.1. The molecule has 3 heteroatoms. The number of aliphatic carboxylic acids is 1. The Hall–Kier alpha value is -0.570. The van der Waals surface area contributed by atoms with Crippen molar-refractivity contribution in [3.05, 3.63) is 0 Å². The maximum atomic E-state index is 10.6. The first-order valence-electron chi connectivity index (χ1n) is 6.11. The number of carboxylic acid groups (broad SMARTS) is 1. The summed E-state index contributed by atoms with van der Waals surface area (Å²) in [5.41, 5.74) is 0. The molecule has 15 heavy (non-hydrogen) atoms. The van der Waals surface area contributed by atoms with Crippen LogP contribution in [0.5, 0.6) is 0 Å². The van der Waals surface area contributed by atoms with E-state index in [1.807, 2.05) is 0 Å². The van der Waals surface area contributed by atoms with Crippen LogP contribution in [0, 0.1) is 11.8 Å². The molecule has 0 aromatic carbocycles. The van der Waals surface area contributed by atoms with Crippen molar-refractivity contribution in [3.8, 4) is 0 Å². The molecule has 86 valence electrons. The summed E-state index contributed by atoms with van der Waals surface area (Å²) >= 11 is 0. The summed E-state index contributed by atoms with van der Waals surface area (Å²) in [5.74, 6) is 0.633. The minimum absolute atomic E-state index is 0.360. The molecule has 0 aromatic heterocycles. The van der Waals surface area contributed by atoms with Crippen molar-refractivity contribution in [1.82, 2.24) is 4.90 Å². The highest BCUT2D eigenvalue weighted by Crippen LogP contribution is 2.32. The lowest BCUT2D eigenvalue weighted by Gasteiger charge is -2.23. The quantitative estimate of drug-likeness (QED) is 0.776. The third-order valence-electron chi connectivity index (χ3n) is 3.96. The zero-order valence-corrected chi connectivity index (χ0v) is 9.48. The Labute approximate surface area is 91.5 Å². The second kappa shape index (κ2) is 4.52. The van der Waals surface area contributed by atoms with Crippen LogP contribution in [0.15, 0.2) is 0 Å². The van der Waals surface area contributed by atoms with Gasteiger partial charge in [-0.15, -0.1) is 0 Å². The molecule has 0 spiro atoms. The molecule has 1 heterocycles. The number of hydrogen-bond acceptors (Lipinski definition) is 2. The van der Waals surface area contributed by atoms with Gasteiger partial charge >= 0.3 is 5.97 Å². The van der Waals surface area contributed by atoms with E-state index in [9.17, 15) is 4.79 Å². The molecule has 0 radical (unpaired) electrons. The molecule has 3 atom stereocenters. The Kier molecular flexibility index (Phi) is 3.29. The summed E-state index contributed by atoms with van der Waals surface area (Å²) in [7, 11) is 0. The van der Waals surface area contributed by atoms with Gasteiger partial charge in [-0.2, -0.15) is 0 Å². The van der Waals surface area contributed by atoms with Gasteiger partial charge in [0.25, 0.3) is 0 Å². The molecule has 3 unspecified atom stereocenters. The van der Waals surface area contributed by atoms with Crippen molar-refractivity contribution in [2.24, 2.45) is 11.8 Å². The first kappa shape index (κ1) is 10.9. The van der Waals surface area contributed by atoms with Crippen molar-refractivity contribution in [2.45, 2.75) is 45.1 Å². The van der Waals surface area contributed by atoms with Crippen molar-refractivity contribution in [2.75, 3.05) is 13.1 Å². The van der Waals surface area contributed by atoms with Gasteiger partial charge in [-0.3, -0.25) is 4.79 Å². The fraction of sp³-hybridized carbons (Fsp3) is 0.917. The van der Waals surface area contributed by atoms with Crippen LogP contribution in [0.1, 0.15) is 39.0 Å². The molecule has 0 aromatic rings. The van der Waals surface area contributed by atoms with Crippen LogP contribution in [-0.4, -0.2) is 35.1 Å². The van der Waals surface area contributed by atoms with E-state index in [4.69, 9.17) is 5.11 Å². The van der Waals surface area contributed by atoms with Crippen LogP contribution in [0.3, 0.4) is 0 Å². The van der Waals surface area contributed by atoms with E-state index in [0.29, 0.717) is 12.3 Å². The number of nitrogens with zero attached hydrogens (tertiary/aromatic N) is 1. The molecule has 2 fully saturated rings. The van der Waals surface area contributed by atoms with Crippen LogP contribution in [0.25, 0.3) is 0 Å². The molecule has 1 N–H and O–H groups in total. The molecule has 2 rings (SSSR count). The topological polar surface area (TPSA) is 40.5 Å². The maximum Gasteiger partial charge on any atom is 0.303 e. The van der Waals surface area contributed by atoms with E-state index in [1.54, 1.807) is 0 Å². The van der Waals surface area contributed by atoms with Gasteiger partial charge in [-0.1, -0.05) is 6.92 Å². The summed E-state index contributed by atoms with van der Waals surface area (Å²) in [6.07, 6.45) is 5.43. The van der Waals surface area contributed by atoms with E-state index in [2.05, 4.69) is 11.8 Å². The standard InChI is InChI=1S/C12H21NO2/c1-9-2-3-11(6-9)13-5-4-10(8-13)7-12(14)15/h9-11H,2-8H2,1H3,(H,14,15). The fourth-order valence-corrected chi connectivity index (χ4v) is 3.12. The predicted molar refractivity (Wildman–Crippen MR) is 58.7 cm³/mol. The third kappa shape index (κ3) is 2.71. The summed E-state index contributed by atoms with van der Waals surface area (Å²) < 4.78 is 0. The largest absolute Gasteiger partial charge is 0.481 e. The highest BCUT2D eigenvalue weighted by atomic mass is 16.4. The SMILES string of the molecule is CC1CCC(N2CCC(CC(=O)O)C2)C1. The Bertz CT molecular complexity index is 242.